The normalized spacial score (nSPS) is 12.2. The van der Waals surface area contributed by atoms with Gasteiger partial charge in [0.05, 0.1) is 13.2 Å². The van der Waals surface area contributed by atoms with Crippen molar-refractivity contribution in [2.24, 2.45) is 0 Å². The monoisotopic (exact) mass is 276 g/mol. The second-order valence-electron chi connectivity index (χ2n) is 4.58. The molecule has 100 valence electrons. The van der Waals surface area contributed by atoms with E-state index < -0.39 is 6.10 Å². The smallest absolute Gasteiger partial charge is 0.118 e. The van der Waals surface area contributed by atoms with Gasteiger partial charge in [-0.3, -0.25) is 0 Å². The van der Waals surface area contributed by atoms with Gasteiger partial charge in [0.25, 0.3) is 0 Å². The molecule has 0 radical (unpaired) electrons. The summed E-state index contributed by atoms with van der Waals surface area (Å²) in [6.45, 7) is 1.94. The molecule has 0 saturated heterocycles. The molecule has 1 atom stereocenters. The fraction of sp³-hybridized carbons (Fsp3) is 0.250. The highest BCUT2D eigenvalue weighted by Crippen LogP contribution is 2.24. The molecule has 2 nitrogen and oxygen atoms in total. The molecular weight excluding hydrogens is 260 g/mol. The van der Waals surface area contributed by atoms with E-state index in [-0.39, 0.29) is 0 Å². The molecule has 0 fully saturated rings. The number of methoxy groups -OCH3 is 1. The molecule has 19 heavy (non-hydrogen) atoms. The molecule has 3 heteroatoms. The van der Waals surface area contributed by atoms with Gasteiger partial charge in [0.15, 0.2) is 0 Å². The van der Waals surface area contributed by atoms with Crippen LogP contribution >= 0.6 is 11.6 Å². The number of ether oxygens (including phenoxy) is 1. The summed E-state index contributed by atoms with van der Waals surface area (Å²) in [6.07, 6.45) is 0.0507. The Bertz CT molecular complexity index is 549. The number of aryl methyl sites for hydroxylation is 1. The fourth-order valence-corrected chi connectivity index (χ4v) is 2.10. The van der Waals surface area contributed by atoms with Crippen LogP contribution in [0.1, 0.15) is 22.8 Å². The molecule has 0 aliphatic rings. The average molecular weight is 277 g/mol. The summed E-state index contributed by atoms with van der Waals surface area (Å²) < 4.78 is 5.11. The molecule has 0 bridgehead atoms. The Kier molecular flexibility index (Phi) is 4.46. The van der Waals surface area contributed by atoms with Gasteiger partial charge in [-0.2, -0.15) is 0 Å². The zero-order valence-electron chi connectivity index (χ0n) is 11.1. The van der Waals surface area contributed by atoms with E-state index in [2.05, 4.69) is 0 Å². The van der Waals surface area contributed by atoms with E-state index in [1.807, 2.05) is 49.4 Å². The highest BCUT2D eigenvalue weighted by Gasteiger charge is 2.10. The lowest BCUT2D eigenvalue weighted by Gasteiger charge is -2.12. The van der Waals surface area contributed by atoms with E-state index in [0.717, 1.165) is 27.5 Å². The van der Waals surface area contributed by atoms with Crippen molar-refractivity contribution in [3.8, 4) is 5.75 Å². The maximum atomic E-state index is 10.2. The Morgan fingerprint density at radius 2 is 1.84 bits per heavy atom. The molecule has 0 aromatic heterocycles. The third kappa shape index (κ3) is 3.49. The van der Waals surface area contributed by atoms with E-state index in [4.69, 9.17) is 16.3 Å². The minimum absolute atomic E-state index is 0.524. The molecule has 1 unspecified atom stereocenters. The van der Waals surface area contributed by atoms with Crippen LogP contribution in [0, 0.1) is 6.92 Å². The molecule has 0 saturated carbocycles. The van der Waals surface area contributed by atoms with Crippen LogP contribution in [0.5, 0.6) is 5.75 Å². The van der Waals surface area contributed by atoms with Crippen molar-refractivity contribution in [3.05, 3.63) is 64.2 Å². The maximum absolute atomic E-state index is 10.2. The van der Waals surface area contributed by atoms with Crippen LogP contribution in [-0.2, 0) is 6.42 Å². The van der Waals surface area contributed by atoms with Gasteiger partial charge < -0.3 is 9.84 Å². The van der Waals surface area contributed by atoms with Gasteiger partial charge >= 0.3 is 0 Å². The Morgan fingerprint density at radius 3 is 2.42 bits per heavy atom. The Hall–Kier alpha value is -1.51. The van der Waals surface area contributed by atoms with E-state index in [0.29, 0.717) is 6.42 Å². The first-order valence-electron chi connectivity index (χ1n) is 6.17. The number of aliphatic hydroxyl groups is 1. The van der Waals surface area contributed by atoms with Crippen molar-refractivity contribution in [2.45, 2.75) is 19.4 Å². The van der Waals surface area contributed by atoms with Crippen molar-refractivity contribution in [3.63, 3.8) is 0 Å². The molecule has 0 aliphatic heterocycles. The lowest BCUT2D eigenvalue weighted by Crippen LogP contribution is -2.02. The Morgan fingerprint density at radius 1 is 1.16 bits per heavy atom. The van der Waals surface area contributed by atoms with Crippen molar-refractivity contribution in [1.29, 1.82) is 0 Å². The molecule has 1 N–H and O–H groups in total. The second-order valence-corrected chi connectivity index (χ2v) is 4.98. The number of aliphatic hydroxyl groups excluding tert-OH is 1. The zero-order valence-corrected chi connectivity index (χ0v) is 11.8. The van der Waals surface area contributed by atoms with Crippen LogP contribution in [0.25, 0.3) is 0 Å². The first-order chi connectivity index (χ1) is 9.10. The largest absolute Gasteiger partial charge is 0.497 e. The van der Waals surface area contributed by atoms with E-state index >= 15 is 0 Å². The molecular formula is C16H17ClO2. The number of halogens is 1. The first-order valence-corrected chi connectivity index (χ1v) is 6.55. The number of benzene rings is 2. The average Bonchev–Trinajstić information content (AvgIpc) is 2.42. The van der Waals surface area contributed by atoms with Gasteiger partial charge in [-0.05, 0) is 41.8 Å². The lowest BCUT2D eigenvalue weighted by atomic mass is 10.00. The quantitative estimate of drug-likeness (QED) is 0.917. The maximum Gasteiger partial charge on any atom is 0.118 e. The number of hydrogen-bond donors (Lipinski definition) is 1. The van der Waals surface area contributed by atoms with E-state index in [9.17, 15) is 5.11 Å². The summed E-state index contributed by atoms with van der Waals surface area (Å²) in [5.74, 6) is 0.820. The van der Waals surface area contributed by atoms with Crippen LogP contribution in [0.3, 0.4) is 0 Å². The van der Waals surface area contributed by atoms with Crippen LogP contribution < -0.4 is 4.74 Å². The summed E-state index contributed by atoms with van der Waals surface area (Å²) in [6, 6.07) is 13.3. The van der Waals surface area contributed by atoms with Gasteiger partial charge in [-0.25, -0.2) is 0 Å². The highest BCUT2D eigenvalue weighted by atomic mass is 35.5. The standard InChI is InChI=1S/C16H17ClO2/c1-11-9-13(5-8-15(11)17)16(18)10-12-3-6-14(19-2)7-4-12/h3-9,16,18H,10H2,1-2H3. The first kappa shape index (κ1) is 13.9. The molecule has 2 aromatic carbocycles. The number of hydrogen-bond acceptors (Lipinski definition) is 2. The van der Waals surface area contributed by atoms with Crippen LogP contribution in [0.4, 0.5) is 0 Å². The predicted molar refractivity (Wildman–Crippen MR) is 77.8 cm³/mol. The third-order valence-electron chi connectivity index (χ3n) is 3.15. The topological polar surface area (TPSA) is 29.5 Å². The van der Waals surface area contributed by atoms with Crippen molar-refractivity contribution in [2.75, 3.05) is 7.11 Å². The van der Waals surface area contributed by atoms with Gasteiger partial charge in [0, 0.05) is 11.4 Å². The second kappa shape index (κ2) is 6.09. The summed E-state index contributed by atoms with van der Waals surface area (Å²) in [7, 11) is 1.64. The van der Waals surface area contributed by atoms with Crippen molar-refractivity contribution in [1.82, 2.24) is 0 Å². The Balaban J connectivity index is 2.10. The van der Waals surface area contributed by atoms with Gasteiger partial charge in [-0.15, -0.1) is 0 Å². The van der Waals surface area contributed by atoms with Crippen molar-refractivity contribution >= 4 is 11.6 Å². The summed E-state index contributed by atoms with van der Waals surface area (Å²) >= 11 is 5.98. The van der Waals surface area contributed by atoms with Gasteiger partial charge in [0.1, 0.15) is 5.75 Å². The molecule has 2 aromatic rings. The van der Waals surface area contributed by atoms with E-state index in [1.165, 1.54) is 0 Å². The fourth-order valence-electron chi connectivity index (χ4n) is 1.98. The highest BCUT2D eigenvalue weighted by molar-refractivity contribution is 6.31. The summed E-state index contributed by atoms with van der Waals surface area (Å²) in [5.41, 5.74) is 2.94. The lowest BCUT2D eigenvalue weighted by molar-refractivity contribution is 0.178. The summed E-state index contributed by atoms with van der Waals surface area (Å²) in [4.78, 5) is 0. The number of rotatable bonds is 4. The SMILES string of the molecule is COc1ccc(CC(O)c2ccc(Cl)c(C)c2)cc1. The van der Waals surface area contributed by atoms with Gasteiger partial charge in [0.2, 0.25) is 0 Å². The van der Waals surface area contributed by atoms with E-state index in [1.54, 1.807) is 7.11 Å². The van der Waals surface area contributed by atoms with Gasteiger partial charge in [-0.1, -0.05) is 35.9 Å². The molecule has 0 aliphatic carbocycles. The third-order valence-corrected chi connectivity index (χ3v) is 3.58. The molecule has 0 heterocycles. The minimum Gasteiger partial charge on any atom is -0.497 e. The van der Waals surface area contributed by atoms with Crippen LogP contribution in [-0.4, -0.2) is 12.2 Å². The zero-order chi connectivity index (χ0) is 13.8. The Labute approximate surface area is 118 Å². The summed E-state index contributed by atoms with van der Waals surface area (Å²) in [5, 5.41) is 11.0. The van der Waals surface area contributed by atoms with Crippen LogP contribution in [0.2, 0.25) is 5.02 Å². The molecule has 2 rings (SSSR count). The molecule has 0 spiro atoms. The predicted octanol–water partition coefficient (Wildman–Crippen LogP) is 3.93. The van der Waals surface area contributed by atoms with Crippen molar-refractivity contribution < 1.29 is 9.84 Å². The molecule has 0 amide bonds. The van der Waals surface area contributed by atoms with Crippen LogP contribution in [0.15, 0.2) is 42.5 Å². The minimum atomic E-state index is -0.524.